The highest BCUT2D eigenvalue weighted by Crippen LogP contribution is 2.33. The predicted molar refractivity (Wildman–Crippen MR) is 113 cm³/mol. The van der Waals surface area contributed by atoms with Gasteiger partial charge in [0.15, 0.2) is 5.75 Å². The lowest BCUT2D eigenvalue weighted by Crippen LogP contribution is -2.12. The van der Waals surface area contributed by atoms with Crippen molar-refractivity contribution >= 4 is 34.1 Å². The fourth-order valence-corrected chi connectivity index (χ4v) is 3.28. The molecule has 4 rings (SSSR count). The molecule has 0 aliphatic heterocycles. The van der Waals surface area contributed by atoms with Crippen LogP contribution in [0.25, 0.3) is 10.9 Å². The zero-order valence-corrected chi connectivity index (χ0v) is 15.9. The summed E-state index contributed by atoms with van der Waals surface area (Å²) in [5.74, 6) is 1.03. The van der Waals surface area contributed by atoms with Crippen molar-refractivity contribution in [1.82, 2.24) is 4.98 Å². The normalized spacial score (nSPS) is 10.8. The number of benzene rings is 3. The molecule has 0 unspecified atom stereocenters. The molecule has 1 heterocycles. The molecular weight excluding hydrogens is 372 g/mol. The minimum atomic E-state index is -0.0690. The Balaban J connectivity index is 1.44. The number of H-pyrrole nitrogens is 1. The molecule has 1 aromatic heterocycles. The molecule has 5 heteroatoms. The van der Waals surface area contributed by atoms with Gasteiger partial charge in [-0.15, -0.1) is 0 Å². The molecule has 1 amide bonds. The lowest BCUT2D eigenvalue weighted by atomic mass is 10.1. The van der Waals surface area contributed by atoms with Crippen LogP contribution in [-0.4, -0.2) is 10.9 Å². The summed E-state index contributed by atoms with van der Waals surface area (Å²) in [4.78, 5) is 15.8. The molecule has 0 radical (unpaired) electrons. The Labute approximate surface area is 168 Å². The van der Waals surface area contributed by atoms with Crippen molar-refractivity contribution in [2.75, 3.05) is 5.32 Å². The van der Waals surface area contributed by atoms with Gasteiger partial charge in [-0.05, 0) is 42.3 Å². The van der Waals surface area contributed by atoms with Gasteiger partial charge in [-0.1, -0.05) is 54.1 Å². The van der Waals surface area contributed by atoms with Crippen molar-refractivity contribution in [1.29, 1.82) is 0 Å². The second-order valence-corrected chi connectivity index (χ2v) is 6.84. The quantitative estimate of drug-likeness (QED) is 0.412. The molecule has 2 N–H and O–H groups in total. The first-order valence-electron chi connectivity index (χ1n) is 9.07. The van der Waals surface area contributed by atoms with Gasteiger partial charge >= 0.3 is 0 Å². The molecule has 0 spiro atoms. The van der Waals surface area contributed by atoms with Gasteiger partial charge in [-0.25, -0.2) is 0 Å². The van der Waals surface area contributed by atoms with Crippen LogP contribution >= 0.6 is 11.6 Å². The van der Waals surface area contributed by atoms with Gasteiger partial charge in [-0.2, -0.15) is 0 Å². The molecule has 0 saturated heterocycles. The minimum Gasteiger partial charge on any atom is -0.454 e. The number of para-hydroxylation sites is 4. The van der Waals surface area contributed by atoms with Crippen LogP contribution in [0.3, 0.4) is 0 Å². The number of carbonyl (C=O) groups is 1. The average Bonchev–Trinajstić information content (AvgIpc) is 3.13. The first-order valence-corrected chi connectivity index (χ1v) is 9.45. The number of hydrogen-bond donors (Lipinski definition) is 2. The van der Waals surface area contributed by atoms with E-state index in [1.165, 1.54) is 0 Å². The number of aryl methyl sites for hydroxylation is 1. The maximum atomic E-state index is 12.5. The topological polar surface area (TPSA) is 54.1 Å². The summed E-state index contributed by atoms with van der Waals surface area (Å²) < 4.78 is 5.90. The SMILES string of the molecule is O=C(CCc1c[nH]c2ccccc12)Nc1ccccc1Oc1ccccc1Cl. The summed E-state index contributed by atoms with van der Waals surface area (Å²) in [5.41, 5.74) is 2.83. The molecule has 0 bridgehead atoms. The number of nitrogens with one attached hydrogen (secondary N) is 2. The molecule has 4 nitrogen and oxygen atoms in total. The van der Waals surface area contributed by atoms with Gasteiger partial charge in [-0.3, -0.25) is 4.79 Å². The molecule has 0 fully saturated rings. The van der Waals surface area contributed by atoms with Gasteiger partial charge in [0.25, 0.3) is 0 Å². The fourth-order valence-electron chi connectivity index (χ4n) is 3.10. The first-order chi connectivity index (χ1) is 13.7. The fraction of sp³-hybridized carbons (Fsp3) is 0.0870. The Morgan fingerprint density at radius 2 is 1.64 bits per heavy atom. The van der Waals surface area contributed by atoms with Crippen molar-refractivity contribution in [2.45, 2.75) is 12.8 Å². The zero-order valence-electron chi connectivity index (χ0n) is 15.1. The van der Waals surface area contributed by atoms with E-state index in [1.54, 1.807) is 18.2 Å². The largest absolute Gasteiger partial charge is 0.454 e. The Morgan fingerprint density at radius 1 is 0.929 bits per heavy atom. The second-order valence-electron chi connectivity index (χ2n) is 6.44. The molecule has 4 aromatic rings. The van der Waals surface area contributed by atoms with Gasteiger partial charge in [0.05, 0.1) is 10.7 Å². The standard InChI is InChI=1S/C23H19ClN2O2/c24-18-8-2-5-11-21(18)28-22-12-6-4-10-20(22)26-23(27)14-13-16-15-25-19-9-3-1-7-17(16)19/h1-12,15,25H,13-14H2,(H,26,27). The molecule has 0 aliphatic carbocycles. The van der Waals surface area contributed by atoms with E-state index in [9.17, 15) is 4.79 Å². The lowest BCUT2D eigenvalue weighted by Gasteiger charge is -2.13. The van der Waals surface area contributed by atoms with E-state index in [4.69, 9.17) is 16.3 Å². The number of hydrogen-bond acceptors (Lipinski definition) is 2. The second kappa shape index (κ2) is 8.19. The maximum Gasteiger partial charge on any atom is 0.224 e. The molecular formula is C23H19ClN2O2. The minimum absolute atomic E-state index is 0.0690. The lowest BCUT2D eigenvalue weighted by molar-refractivity contribution is -0.116. The third kappa shape index (κ3) is 4.02. The maximum absolute atomic E-state index is 12.5. The molecule has 28 heavy (non-hydrogen) atoms. The van der Waals surface area contributed by atoms with E-state index in [0.717, 1.165) is 16.5 Å². The predicted octanol–water partition coefficient (Wildman–Crippen LogP) is 6.18. The third-order valence-electron chi connectivity index (χ3n) is 4.51. The van der Waals surface area contributed by atoms with E-state index >= 15 is 0 Å². The summed E-state index contributed by atoms with van der Waals surface area (Å²) in [5, 5.41) is 4.61. The third-order valence-corrected chi connectivity index (χ3v) is 4.83. The van der Waals surface area contributed by atoms with Crippen molar-refractivity contribution in [3.05, 3.63) is 89.6 Å². The smallest absolute Gasteiger partial charge is 0.224 e. The van der Waals surface area contributed by atoms with Crippen molar-refractivity contribution in [3.63, 3.8) is 0 Å². The molecule has 3 aromatic carbocycles. The van der Waals surface area contributed by atoms with Gasteiger partial charge in [0.1, 0.15) is 5.75 Å². The molecule has 140 valence electrons. The van der Waals surface area contributed by atoms with Crippen molar-refractivity contribution in [3.8, 4) is 11.5 Å². The van der Waals surface area contributed by atoms with Gasteiger partial charge < -0.3 is 15.0 Å². The number of aromatic amines is 1. The van der Waals surface area contributed by atoms with Crippen LogP contribution in [0.15, 0.2) is 79.0 Å². The van der Waals surface area contributed by atoms with Crippen LogP contribution in [0.1, 0.15) is 12.0 Å². The highest BCUT2D eigenvalue weighted by atomic mass is 35.5. The Kier molecular flexibility index (Phi) is 5.31. The summed E-state index contributed by atoms with van der Waals surface area (Å²) in [6.07, 6.45) is 3.00. The zero-order chi connectivity index (χ0) is 19.3. The number of rotatable bonds is 6. The summed E-state index contributed by atoms with van der Waals surface area (Å²) >= 11 is 6.17. The van der Waals surface area contributed by atoms with Crippen LogP contribution < -0.4 is 10.1 Å². The summed E-state index contributed by atoms with van der Waals surface area (Å²) in [7, 11) is 0. The number of fused-ring (bicyclic) bond motifs is 1. The van der Waals surface area contributed by atoms with Gasteiger partial charge in [0, 0.05) is 23.5 Å². The van der Waals surface area contributed by atoms with E-state index in [-0.39, 0.29) is 5.91 Å². The number of ether oxygens (including phenoxy) is 1. The number of aromatic nitrogens is 1. The highest BCUT2D eigenvalue weighted by molar-refractivity contribution is 6.32. The highest BCUT2D eigenvalue weighted by Gasteiger charge is 2.11. The Hall–Kier alpha value is -3.24. The Bertz CT molecular complexity index is 1120. The number of anilines is 1. The molecule has 0 atom stereocenters. The first kappa shape index (κ1) is 18.1. The Morgan fingerprint density at radius 3 is 2.50 bits per heavy atom. The van der Waals surface area contributed by atoms with Crippen LogP contribution in [0.5, 0.6) is 11.5 Å². The van der Waals surface area contributed by atoms with Crippen LogP contribution in [0.2, 0.25) is 5.02 Å². The van der Waals surface area contributed by atoms with Crippen molar-refractivity contribution in [2.24, 2.45) is 0 Å². The van der Waals surface area contributed by atoms with E-state index in [2.05, 4.69) is 16.4 Å². The number of carbonyl (C=O) groups excluding carboxylic acids is 1. The van der Waals surface area contributed by atoms with E-state index < -0.39 is 0 Å². The monoisotopic (exact) mass is 390 g/mol. The molecule has 0 saturated carbocycles. The van der Waals surface area contributed by atoms with E-state index in [1.807, 2.05) is 54.7 Å². The van der Waals surface area contributed by atoms with Crippen LogP contribution in [0.4, 0.5) is 5.69 Å². The molecule has 0 aliphatic rings. The number of amides is 1. The average molecular weight is 391 g/mol. The van der Waals surface area contributed by atoms with E-state index in [0.29, 0.717) is 35.1 Å². The van der Waals surface area contributed by atoms with Gasteiger partial charge in [0.2, 0.25) is 5.91 Å². The number of halogens is 1. The van der Waals surface area contributed by atoms with Crippen molar-refractivity contribution < 1.29 is 9.53 Å². The summed E-state index contributed by atoms with van der Waals surface area (Å²) in [6.45, 7) is 0. The van der Waals surface area contributed by atoms with Crippen LogP contribution in [0, 0.1) is 0 Å². The summed E-state index contributed by atoms with van der Waals surface area (Å²) in [6, 6.07) is 22.7. The van der Waals surface area contributed by atoms with Crippen LogP contribution in [-0.2, 0) is 11.2 Å².